The fraction of sp³-hybridized carbons (Fsp3) is 0.750. The van der Waals surface area contributed by atoms with Gasteiger partial charge in [0.25, 0.3) is 10.0 Å². The number of sulfonamides is 1. The number of aromatic amines is 1. The quantitative estimate of drug-likeness (QED) is 0.582. The third-order valence-corrected chi connectivity index (χ3v) is 4.95. The summed E-state index contributed by atoms with van der Waals surface area (Å²) in [4.78, 5) is 0. The first-order valence-corrected chi connectivity index (χ1v) is 8.05. The van der Waals surface area contributed by atoms with Crippen LogP contribution < -0.4 is 0 Å². The van der Waals surface area contributed by atoms with E-state index in [-0.39, 0.29) is 24.8 Å². The molecule has 0 radical (unpaired) electrons. The molecule has 8 nitrogen and oxygen atoms in total. The Morgan fingerprint density at radius 1 is 1.24 bits per heavy atom. The summed E-state index contributed by atoms with van der Waals surface area (Å²) < 4.78 is 36.5. The molecule has 0 bridgehead atoms. The van der Waals surface area contributed by atoms with Crippen LogP contribution in [0.2, 0.25) is 0 Å². The maximum absolute atomic E-state index is 12.7. The molecule has 9 heteroatoms. The molecule has 0 saturated carbocycles. The molecule has 0 unspecified atom stereocenters. The Labute approximate surface area is 125 Å². The molecule has 0 amide bonds. The Hall–Kier alpha value is -1.00. The van der Waals surface area contributed by atoms with Crippen LogP contribution >= 0.6 is 0 Å². The molecule has 0 aliphatic rings. The van der Waals surface area contributed by atoms with E-state index in [0.717, 1.165) is 0 Å². The van der Waals surface area contributed by atoms with Crippen molar-refractivity contribution in [3.63, 3.8) is 0 Å². The number of nitrogens with zero attached hydrogens (tertiary/aromatic N) is 2. The molecule has 21 heavy (non-hydrogen) atoms. The molecule has 122 valence electrons. The summed E-state index contributed by atoms with van der Waals surface area (Å²) in [7, 11) is -0.704. The highest BCUT2D eigenvalue weighted by Crippen LogP contribution is 2.20. The van der Waals surface area contributed by atoms with Crippen molar-refractivity contribution < 1.29 is 23.0 Å². The van der Waals surface area contributed by atoms with Crippen molar-refractivity contribution in [2.24, 2.45) is 0 Å². The summed E-state index contributed by atoms with van der Waals surface area (Å²) in [5.74, 6) is 0. The zero-order chi connectivity index (χ0) is 15.9. The number of rotatable bonds is 10. The second-order valence-electron chi connectivity index (χ2n) is 4.53. The van der Waals surface area contributed by atoms with Gasteiger partial charge in [-0.25, -0.2) is 8.42 Å². The summed E-state index contributed by atoms with van der Waals surface area (Å²) in [6.45, 7) is 2.56. The highest BCUT2D eigenvalue weighted by molar-refractivity contribution is 7.89. The van der Waals surface area contributed by atoms with Crippen molar-refractivity contribution >= 4 is 10.0 Å². The largest absolute Gasteiger partial charge is 0.392 e. The molecule has 1 heterocycles. The van der Waals surface area contributed by atoms with Crippen molar-refractivity contribution in [3.05, 3.63) is 11.3 Å². The fourth-order valence-corrected chi connectivity index (χ4v) is 3.50. The second kappa shape index (κ2) is 8.44. The summed E-state index contributed by atoms with van der Waals surface area (Å²) in [6.07, 6.45) is 0.567. The molecule has 1 aromatic rings. The van der Waals surface area contributed by atoms with Crippen LogP contribution in [0.25, 0.3) is 0 Å². The van der Waals surface area contributed by atoms with Gasteiger partial charge >= 0.3 is 0 Å². The lowest BCUT2D eigenvalue weighted by Crippen LogP contribution is -2.36. The fourth-order valence-electron chi connectivity index (χ4n) is 1.88. The Balaban J connectivity index is 3.01. The van der Waals surface area contributed by atoms with Crippen LogP contribution in [-0.2, 0) is 26.1 Å². The number of ether oxygens (including phenoxy) is 2. The third kappa shape index (κ3) is 4.48. The van der Waals surface area contributed by atoms with Gasteiger partial charge in [-0.05, 0) is 13.3 Å². The first kappa shape index (κ1) is 18.1. The summed E-state index contributed by atoms with van der Waals surface area (Å²) >= 11 is 0. The molecule has 2 N–H and O–H groups in total. The van der Waals surface area contributed by atoms with Crippen LogP contribution in [0.5, 0.6) is 0 Å². The minimum atomic E-state index is -3.78. The smallest absolute Gasteiger partial charge is 0.262 e. The normalized spacial score (nSPS) is 12.2. The molecule has 0 spiro atoms. The zero-order valence-corrected chi connectivity index (χ0v) is 13.4. The van der Waals surface area contributed by atoms with Gasteiger partial charge in [-0.1, -0.05) is 0 Å². The Morgan fingerprint density at radius 3 is 2.48 bits per heavy atom. The monoisotopic (exact) mass is 321 g/mol. The number of nitrogens with one attached hydrogen (secondary N) is 1. The lowest BCUT2D eigenvalue weighted by molar-refractivity contribution is 0.164. The first-order valence-electron chi connectivity index (χ1n) is 6.61. The maximum Gasteiger partial charge on any atom is 0.262 e. The van der Waals surface area contributed by atoms with Crippen molar-refractivity contribution in [3.8, 4) is 0 Å². The highest BCUT2D eigenvalue weighted by atomic mass is 32.2. The number of aryl methyl sites for hydroxylation is 1. The highest BCUT2D eigenvalue weighted by Gasteiger charge is 2.29. The van der Waals surface area contributed by atoms with E-state index in [0.29, 0.717) is 30.8 Å². The van der Waals surface area contributed by atoms with E-state index < -0.39 is 10.0 Å². The molecule has 0 aliphatic heterocycles. The molecule has 0 aromatic carbocycles. The predicted molar refractivity (Wildman–Crippen MR) is 76.4 cm³/mol. The number of hydrogen-bond acceptors (Lipinski definition) is 6. The topological polar surface area (TPSA) is 105 Å². The predicted octanol–water partition coefficient (Wildman–Crippen LogP) is -0.116. The standard InChI is InChI=1S/C12H23N3O5S/c1-10-11(9-16)12(14-13-10)21(17,18)15(6-8-20-3)5-4-7-19-2/h16H,4-9H2,1-3H3,(H,13,14). The van der Waals surface area contributed by atoms with E-state index in [9.17, 15) is 13.5 Å². The van der Waals surface area contributed by atoms with E-state index in [1.807, 2.05) is 0 Å². The zero-order valence-electron chi connectivity index (χ0n) is 12.6. The molecular formula is C12H23N3O5S. The van der Waals surface area contributed by atoms with Gasteiger partial charge in [-0.3, -0.25) is 5.10 Å². The van der Waals surface area contributed by atoms with Gasteiger partial charge in [0.05, 0.1) is 13.2 Å². The van der Waals surface area contributed by atoms with E-state index >= 15 is 0 Å². The average Bonchev–Trinajstić information content (AvgIpc) is 2.84. The van der Waals surface area contributed by atoms with E-state index in [4.69, 9.17) is 9.47 Å². The van der Waals surface area contributed by atoms with Crippen LogP contribution in [0.15, 0.2) is 5.03 Å². The van der Waals surface area contributed by atoms with E-state index in [1.54, 1.807) is 14.0 Å². The molecule has 0 aliphatic carbocycles. The van der Waals surface area contributed by atoms with Crippen LogP contribution in [0, 0.1) is 6.92 Å². The summed E-state index contributed by atoms with van der Waals surface area (Å²) in [5.41, 5.74) is 0.837. The van der Waals surface area contributed by atoms with Crippen molar-refractivity contribution in [2.45, 2.75) is 25.0 Å². The Morgan fingerprint density at radius 2 is 1.90 bits per heavy atom. The average molecular weight is 321 g/mol. The van der Waals surface area contributed by atoms with Gasteiger partial charge in [0, 0.05) is 45.2 Å². The lowest BCUT2D eigenvalue weighted by Gasteiger charge is -2.21. The summed E-state index contributed by atoms with van der Waals surface area (Å²) in [6, 6.07) is 0. The van der Waals surface area contributed by atoms with Crippen LogP contribution in [0.1, 0.15) is 17.7 Å². The lowest BCUT2D eigenvalue weighted by atomic mass is 10.3. The van der Waals surface area contributed by atoms with Gasteiger partial charge < -0.3 is 14.6 Å². The number of methoxy groups -OCH3 is 2. The van der Waals surface area contributed by atoms with E-state index in [2.05, 4.69) is 10.2 Å². The molecular weight excluding hydrogens is 298 g/mol. The van der Waals surface area contributed by atoms with Gasteiger partial charge in [0.15, 0.2) is 5.03 Å². The number of hydrogen-bond donors (Lipinski definition) is 2. The van der Waals surface area contributed by atoms with Gasteiger partial charge in [0.2, 0.25) is 0 Å². The van der Waals surface area contributed by atoms with Crippen molar-refractivity contribution in [1.29, 1.82) is 0 Å². The first-order chi connectivity index (χ1) is 9.98. The van der Waals surface area contributed by atoms with Crippen LogP contribution in [0.4, 0.5) is 0 Å². The van der Waals surface area contributed by atoms with Gasteiger partial charge in [-0.2, -0.15) is 9.40 Å². The second-order valence-corrected chi connectivity index (χ2v) is 6.39. The number of aliphatic hydroxyl groups is 1. The number of aromatic nitrogens is 2. The third-order valence-electron chi connectivity index (χ3n) is 3.08. The molecule has 1 aromatic heterocycles. The van der Waals surface area contributed by atoms with Crippen LogP contribution in [0.3, 0.4) is 0 Å². The number of aliphatic hydroxyl groups excluding tert-OH is 1. The van der Waals surface area contributed by atoms with Gasteiger partial charge in [0.1, 0.15) is 0 Å². The van der Waals surface area contributed by atoms with Crippen molar-refractivity contribution in [2.75, 3.05) is 40.5 Å². The SMILES string of the molecule is COCCCN(CCOC)S(=O)(=O)c1n[nH]c(C)c1CO. The van der Waals surface area contributed by atoms with Gasteiger partial charge in [-0.15, -0.1) is 0 Å². The Kier molecular flexibility index (Phi) is 7.26. The minimum Gasteiger partial charge on any atom is -0.392 e. The Bertz CT molecular complexity index is 529. The van der Waals surface area contributed by atoms with E-state index in [1.165, 1.54) is 11.4 Å². The molecule has 0 atom stereocenters. The molecule has 1 rings (SSSR count). The molecule has 0 saturated heterocycles. The maximum atomic E-state index is 12.7. The number of H-pyrrole nitrogens is 1. The molecule has 0 fully saturated rings. The van der Waals surface area contributed by atoms with Crippen molar-refractivity contribution in [1.82, 2.24) is 14.5 Å². The van der Waals surface area contributed by atoms with Crippen LogP contribution in [-0.4, -0.2) is 68.5 Å². The summed E-state index contributed by atoms with van der Waals surface area (Å²) in [5, 5.41) is 15.6. The minimum absolute atomic E-state index is 0.129.